The van der Waals surface area contributed by atoms with Crippen LogP contribution in [-0.4, -0.2) is 40.7 Å². The van der Waals surface area contributed by atoms with Crippen molar-refractivity contribution in [2.75, 3.05) is 6.61 Å². The Bertz CT molecular complexity index is 768. The van der Waals surface area contributed by atoms with Crippen LogP contribution in [0.4, 0.5) is 0 Å². The van der Waals surface area contributed by atoms with Gasteiger partial charge in [-0.1, -0.05) is 12.2 Å². The number of hydrogen-bond donors (Lipinski definition) is 1. The summed E-state index contributed by atoms with van der Waals surface area (Å²) >= 11 is 0. The van der Waals surface area contributed by atoms with Crippen LogP contribution in [0.5, 0.6) is 5.75 Å². The lowest BCUT2D eigenvalue weighted by molar-refractivity contribution is -0.141. The van der Waals surface area contributed by atoms with Crippen molar-refractivity contribution in [3.63, 3.8) is 0 Å². The van der Waals surface area contributed by atoms with E-state index in [2.05, 4.69) is 5.10 Å². The average molecular weight is 340 g/mol. The van der Waals surface area contributed by atoms with Crippen LogP contribution in [-0.2, 0) is 14.4 Å². The van der Waals surface area contributed by atoms with Crippen molar-refractivity contribution in [2.24, 2.45) is 28.8 Å². The first-order valence-corrected chi connectivity index (χ1v) is 8.09. The third-order valence-corrected chi connectivity index (χ3v) is 5.01. The van der Waals surface area contributed by atoms with Crippen molar-refractivity contribution in [1.82, 2.24) is 5.01 Å². The highest BCUT2D eigenvalue weighted by atomic mass is 16.5. The minimum Gasteiger partial charge on any atom is -0.482 e. The topological polar surface area (TPSA) is 96.3 Å². The first kappa shape index (κ1) is 15.6. The van der Waals surface area contributed by atoms with Gasteiger partial charge in [0.2, 0.25) is 0 Å². The Morgan fingerprint density at radius 1 is 1.16 bits per heavy atom. The van der Waals surface area contributed by atoms with Gasteiger partial charge in [0, 0.05) is 0 Å². The largest absolute Gasteiger partial charge is 0.482 e. The molecule has 1 saturated carbocycles. The molecule has 1 aromatic rings. The molecule has 1 aliphatic heterocycles. The number of amides is 2. The minimum absolute atomic E-state index is 0.164. The molecule has 0 spiro atoms. The van der Waals surface area contributed by atoms with E-state index in [1.54, 1.807) is 24.3 Å². The van der Waals surface area contributed by atoms with Crippen molar-refractivity contribution in [3.05, 3.63) is 42.0 Å². The molecule has 3 aliphatic rings. The van der Waals surface area contributed by atoms with E-state index in [-0.39, 0.29) is 35.5 Å². The Morgan fingerprint density at radius 2 is 1.76 bits per heavy atom. The van der Waals surface area contributed by atoms with E-state index in [9.17, 15) is 14.4 Å². The molecular formula is C18H16N2O5. The summed E-state index contributed by atoms with van der Waals surface area (Å²) in [6.07, 6.45) is 6.43. The molecule has 7 nitrogen and oxygen atoms in total. The van der Waals surface area contributed by atoms with Gasteiger partial charge in [-0.3, -0.25) is 9.59 Å². The molecule has 1 saturated heterocycles. The van der Waals surface area contributed by atoms with Gasteiger partial charge in [-0.25, -0.2) is 4.79 Å². The number of carboxylic acids is 1. The maximum atomic E-state index is 12.5. The number of carbonyl (C=O) groups is 3. The molecule has 25 heavy (non-hydrogen) atoms. The fraction of sp³-hybridized carbons (Fsp3) is 0.333. The van der Waals surface area contributed by atoms with Crippen LogP contribution in [0.3, 0.4) is 0 Å². The monoisotopic (exact) mass is 340 g/mol. The van der Waals surface area contributed by atoms with Crippen LogP contribution in [0.1, 0.15) is 12.0 Å². The highest BCUT2D eigenvalue weighted by molar-refractivity contribution is 6.06. The van der Waals surface area contributed by atoms with Crippen LogP contribution in [0.15, 0.2) is 41.5 Å². The van der Waals surface area contributed by atoms with Gasteiger partial charge in [-0.2, -0.15) is 10.1 Å². The van der Waals surface area contributed by atoms with E-state index in [1.807, 2.05) is 12.2 Å². The Morgan fingerprint density at radius 3 is 2.32 bits per heavy atom. The molecule has 0 aromatic heterocycles. The molecule has 2 amide bonds. The molecule has 4 atom stereocenters. The highest BCUT2D eigenvalue weighted by Crippen LogP contribution is 2.52. The van der Waals surface area contributed by atoms with E-state index < -0.39 is 12.6 Å². The number of aliphatic carboxylic acids is 1. The number of fused-ring (bicyclic) bond motifs is 5. The van der Waals surface area contributed by atoms with Gasteiger partial charge in [0.1, 0.15) is 5.75 Å². The third-order valence-electron chi connectivity index (χ3n) is 5.01. The van der Waals surface area contributed by atoms with Gasteiger partial charge in [-0.15, -0.1) is 0 Å². The van der Waals surface area contributed by atoms with Gasteiger partial charge < -0.3 is 9.84 Å². The fourth-order valence-corrected chi connectivity index (χ4v) is 3.92. The molecule has 1 N–H and O–H groups in total. The number of carbonyl (C=O) groups excluding carboxylic acids is 2. The molecular weight excluding hydrogens is 324 g/mol. The summed E-state index contributed by atoms with van der Waals surface area (Å²) in [6.45, 7) is -0.413. The third kappa shape index (κ3) is 2.61. The second kappa shape index (κ2) is 5.84. The lowest BCUT2D eigenvalue weighted by atomic mass is 9.85. The molecule has 1 aromatic carbocycles. The number of allylic oxidation sites excluding steroid dienone is 2. The summed E-state index contributed by atoms with van der Waals surface area (Å²) in [7, 11) is 0. The van der Waals surface area contributed by atoms with Crippen molar-refractivity contribution < 1.29 is 24.2 Å². The SMILES string of the molecule is O=C(O)COc1ccc(/C=N/N2C(=O)C3C4C=CC(C4)C3C2=O)cc1. The summed E-state index contributed by atoms with van der Waals surface area (Å²) < 4.78 is 5.05. The van der Waals surface area contributed by atoms with Crippen LogP contribution in [0, 0.1) is 23.7 Å². The first-order valence-electron chi connectivity index (χ1n) is 8.09. The number of benzene rings is 1. The zero-order valence-corrected chi connectivity index (χ0v) is 13.2. The van der Waals surface area contributed by atoms with Gasteiger partial charge in [0.25, 0.3) is 11.8 Å². The zero-order valence-electron chi connectivity index (χ0n) is 13.2. The van der Waals surface area contributed by atoms with E-state index in [1.165, 1.54) is 6.21 Å². The summed E-state index contributed by atoms with van der Waals surface area (Å²) in [4.78, 5) is 35.5. The second-order valence-electron chi connectivity index (χ2n) is 6.48. The predicted octanol–water partition coefficient (Wildman–Crippen LogP) is 1.29. The zero-order chi connectivity index (χ0) is 17.6. The maximum absolute atomic E-state index is 12.5. The van der Waals surface area contributed by atoms with E-state index >= 15 is 0 Å². The molecule has 2 aliphatic carbocycles. The van der Waals surface area contributed by atoms with E-state index in [0.29, 0.717) is 11.3 Å². The van der Waals surface area contributed by atoms with Crippen LogP contribution >= 0.6 is 0 Å². The van der Waals surface area contributed by atoms with Crippen LogP contribution in [0.2, 0.25) is 0 Å². The van der Waals surface area contributed by atoms with Gasteiger partial charge in [0.05, 0.1) is 18.1 Å². The molecule has 0 radical (unpaired) electrons. The number of nitrogens with zero attached hydrogens (tertiary/aromatic N) is 2. The first-order chi connectivity index (χ1) is 12.0. The maximum Gasteiger partial charge on any atom is 0.341 e. The van der Waals surface area contributed by atoms with Crippen molar-refractivity contribution in [1.29, 1.82) is 0 Å². The van der Waals surface area contributed by atoms with Crippen molar-refractivity contribution in [3.8, 4) is 5.75 Å². The van der Waals surface area contributed by atoms with E-state index in [0.717, 1.165) is 11.4 Å². The number of carboxylic acid groups (broad SMARTS) is 1. The molecule has 1 heterocycles. The van der Waals surface area contributed by atoms with Gasteiger partial charge in [-0.05, 0) is 48.1 Å². The average Bonchev–Trinajstić information content (AvgIpc) is 3.27. The molecule has 128 valence electrons. The lowest BCUT2D eigenvalue weighted by Gasteiger charge is -2.13. The normalized spacial score (nSPS) is 29.7. The van der Waals surface area contributed by atoms with Crippen molar-refractivity contribution in [2.45, 2.75) is 6.42 Å². The molecule has 4 rings (SSSR count). The second-order valence-corrected chi connectivity index (χ2v) is 6.48. The minimum atomic E-state index is -1.05. The summed E-state index contributed by atoms with van der Waals surface area (Å²) in [6, 6.07) is 6.57. The van der Waals surface area contributed by atoms with Crippen LogP contribution < -0.4 is 4.74 Å². The van der Waals surface area contributed by atoms with Crippen molar-refractivity contribution >= 4 is 24.0 Å². The molecule has 7 heteroatoms. The molecule has 2 fully saturated rings. The Hall–Kier alpha value is -2.96. The quantitative estimate of drug-likeness (QED) is 0.495. The van der Waals surface area contributed by atoms with E-state index in [4.69, 9.17) is 9.84 Å². The summed E-state index contributed by atoms with van der Waals surface area (Å²) in [5, 5.41) is 13.7. The standard InChI is InChI=1S/C18H16N2O5/c21-14(22)9-25-13-5-1-10(2-6-13)8-19-20-17(23)15-11-3-4-12(7-11)16(15)18(20)24/h1-6,8,11-12,15-16H,7,9H2,(H,21,22)/b19-8+. The Labute approximate surface area is 143 Å². The fourth-order valence-electron chi connectivity index (χ4n) is 3.92. The number of imide groups is 1. The van der Waals surface area contributed by atoms with Crippen LogP contribution in [0.25, 0.3) is 0 Å². The summed E-state index contributed by atoms with van der Waals surface area (Å²) in [5.41, 5.74) is 0.682. The predicted molar refractivity (Wildman–Crippen MR) is 86.7 cm³/mol. The highest BCUT2D eigenvalue weighted by Gasteiger charge is 2.59. The number of rotatable bonds is 5. The Balaban J connectivity index is 1.45. The van der Waals surface area contributed by atoms with Gasteiger partial charge in [0.15, 0.2) is 6.61 Å². The smallest absolute Gasteiger partial charge is 0.341 e. The molecule has 4 unspecified atom stereocenters. The lowest BCUT2D eigenvalue weighted by Crippen LogP contribution is -2.28. The molecule has 2 bridgehead atoms. The number of hydrogen-bond acceptors (Lipinski definition) is 5. The number of hydrazone groups is 1. The number of ether oxygens (including phenoxy) is 1. The van der Waals surface area contributed by atoms with Gasteiger partial charge >= 0.3 is 5.97 Å². The summed E-state index contributed by atoms with van der Waals surface area (Å²) in [5.74, 6) is -1.25. The Kier molecular flexibility index (Phi) is 3.63.